The van der Waals surface area contributed by atoms with Crippen molar-refractivity contribution in [2.24, 2.45) is 11.3 Å². The molecule has 1 fully saturated rings. The van der Waals surface area contributed by atoms with E-state index in [1.165, 1.54) is 0 Å². The number of ketones is 1. The molecule has 1 aromatic heterocycles. The lowest BCUT2D eigenvalue weighted by molar-refractivity contribution is -0.127. The summed E-state index contributed by atoms with van der Waals surface area (Å²) in [6.07, 6.45) is 3.93. The number of fused-ring (bicyclic) bond motifs is 1. The third kappa shape index (κ3) is 2.59. The van der Waals surface area contributed by atoms with Crippen LogP contribution in [0.4, 0.5) is 4.79 Å². The number of amides is 3. The number of carbonyl (C=O) groups is 3. The maximum atomic E-state index is 12.9. The zero-order valence-corrected chi connectivity index (χ0v) is 14.1. The number of pyridine rings is 1. The number of carbonyl (C=O) groups excluding carboxylic acids is 3. The summed E-state index contributed by atoms with van der Waals surface area (Å²) in [7, 11) is 0. The van der Waals surface area contributed by atoms with Gasteiger partial charge in [0, 0.05) is 36.0 Å². The number of hydrogen-bond donors (Lipinski definition) is 3. The van der Waals surface area contributed by atoms with Crippen molar-refractivity contribution in [3.8, 4) is 0 Å². The lowest BCUT2D eigenvalue weighted by Crippen LogP contribution is -2.66. The number of urea groups is 1. The van der Waals surface area contributed by atoms with E-state index in [4.69, 9.17) is 0 Å². The average molecular weight is 340 g/mol. The largest absolute Gasteiger partial charge is 0.368 e. The van der Waals surface area contributed by atoms with Gasteiger partial charge in [-0.3, -0.25) is 19.9 Å². The van der Waals surface area contributed by atoms with Gasteiger partial charge in [0.25, 0.3) is 0 Å². The van der Waals surface area contributed by atoms with Gasteiger partial charge in [-0.05, 0) is 29.5 Å². The topological polar surface area (TPSA) is 100 Å². The minimum Gasteiger partial charge on any atom is -0.368 e. The van der Waals surface area contributed by atoms with Gasteiger partial charge in [0.1, 0.15) is 6.17 Å². The van der Waals surface area contributed by atoms with Crippen molar-refractivity contribution >= 4 is 17.7 Å². The van der Waals surface area contributed by atoms with Crippen LogP contribution < -0.4 is 16.0 Å². The van der Waals surface area contributed by atoms with Crippen LogP contribution in [-0.4, -0.2) is 28.9 Å². The molecule has 0 aromatic carbocycles. The number of hydrogen-bond acceptors (Lipinski definition) is 5. The maximum absolute atomic E-state index is 12.9. The molecule has 25 heavy (non-hydrogen) atoms. The number of nitrogens with zero attached hydrogens (tertiary/aromatic N) is 1. The highest BCUT2D eigenvalue weighted by Gasteiger charge is 2.50. The maximum Gasteiger partial charge on any atom is 0.323 e. The van der Waals surface area contributed by atoms with Crippen LogP contribution in [0.5, 0.6) is 0 Å². The van der Waals surface area contributed by atoms with Crippen molar-refractivity contribution in [2.75, 3.05) is 0 Å². The molecule has 2 aliphatic heterocycles. The van der Waals surface area contributed by atoms with Gasteiger partial charge in [-0.15, -0.1) is 0 Å². The molecule has 3 amide bonds. The van der Waals surface area contributed by atoms with E-state index in [0.717, 1.165) is 11.3 Å². The van der Waals surface area contributed by atoms with Gasteiger partial charge < -0.3 is 10.6 Å². The fraction of sp³-hybridized carbons (Fsp3) is 0.444. The quantitative estimate of drug-likeness (QED) is 0.713. The van der Waals surface area contributed by atoms with E-state index in [1.807, 2.05) is 12.1 Å². The molecular formula is C18H20N4O3. The molecule has 3 atom stereocenters. The molecule has 0 spiro atoms. The Labute approximate surface area is 145 Å². The van der Waals surface area contributed by atoms with Gasteiger partial charge in [-0.2, -0.15) is 0 Å². The molecule has 7 heteroatoms. The smallest absolute Gasteiger partial charge is 0.323 e. The van der Waals surface area contributed by atoms with Crippen molar-refractivity contribution in [1.29, 1.82) is 0 Å². The van der Waals surface area contributed by atoms with Crippen molar-refractivity contribution in [2.45, 2.75) is 38.8 Å². The Morgan fingerprint density at radius 3 is 2.52 bits per heavy atom. The molecule has 3 heterocycles. The standard InChI is InChI=1S/C18H20N4O3/c1-18(2)7-10-13(11(23)8-18)12(9-3-5-19-6-4-9)14-15(20-10)21-17(25)22-16(14)24/h3-6,12,14-15,20H,7-8H2,1-2H3,(H2,21,22,24,25). The van der Waals surface area contributed by atoms with Crippen LogP contribution >= 0.6 is 0 Å². The third-order valence-corrected chi connectivity index (χ3v) is 5.17. The molecule has 1 aromatic rings. The van der Waals surface area contributed by atoms with Crippen LogP contribution in [0.2, 0.25) is 0 Å². The molecule has 0 bridgehead atoms. The predicted octanol–water partition coefficient (Wildman–Crippen LogP) is 1.19. The normalized spacial score (nSPS) is 30.6. The predicted molar refractivity (Wildman–Crippen MR) is 89.1 cm³/mol. The summed E-state index contributed by atoms with van der Waals surface area (Å²) in [6.45, 7) is 4.10. The van der Waals surface area contributed by atoms with Crippen molar-refractivity contribution in [3.05, 3.63) is 41.4 Å². The van der Waals surface area contributed by atoms with Crippen molar-refractivity contribution in [3.63, 3.8) is 0 Å². The van der Waals surface area contributed by atoms with E-state index in [2.05, 4.69) is 34.8 Å². The summed E-state index contributed by atoms with van der Waals surface area (Å²) in [6, 6.07) is 3.14. The van der Waals surface area contributed by atoms with E-state index in [-0.39, 0.29) is 17.1 Å². The highest BCUT2D eigenvalue weighted by molar-refractivity contribution is 6.04. The lowest BCUT2D eigenvalue weighted by atomic mass is 9.66. The van der Waals surface area contributed by atoms with Crippen LogP contribution in [0.25, 0.3) is 0 Å². The van der Waals surface area contributed by atoms with Gasteiger partial charge in [0.2, 0.25) is 5.91 Å². The zero-order chi connectivity index (χ0) is 17.8. The Kier molecular flexibility index (Phi) is 3.42. The van der Waals surface area contributed by atoms with E-state index < -0.39 is 24.0 Å². The summed E-state index contributed by atoms with van der Waals surface area (Å²) >= 11 is 0. The Morgan fingerprint density at radius 1 is 1.08 bits per heavy atom. The van der Waals surface area contributed by atoms with E-state index >= 15 is 0 Å². The first-order valence-corrected chi connectivity index (χ1v) is 8.40. The van der Waals surface area contributed by atoms with E-state index in [9.17, 15) is 14.4 Å². The second-order valence-electron chi connectivity index (χ2n) is 7.70. The van der Waals surface area contributed by atoms with Crippen LogP contribution in [0.1, 0.15) is 38.2 Å². The molecule has 3 unspecified atom stereocenters. The summed E-state index contributed by atoms with van der Waals surface area (Å²) in [5.41, 5.74) is 2.20. The Morgan fingerprint density at radius 2 is 1.80 bits per heavy atom. The molecule has 0 saturated carbocycles. The van der Waals surface area contributed by atoms with Gasteiger partial charge in [-0.1, -0.05) is 13.8 Å². The van der Waals surface area contributed by atoms with Gasteiger partial charge >= 0.3 is 6.03 Å². The highest BCUT2D eigenvalue weighted by Crippen LogP contribution is 2.47. The molecular weight excluding hydrogens is 320 g/mol. The second-order valence-corrected chi connectivity index (χ2v) is 7.70. The summed E-state index contributed by atoms with van der Waals surface area (Å²) in [4.78, 5) is 41.3. The molecule has 3 aliphatic rings. The van der Waals surface area contributed by atoms with Crippen LogP contribution in [0.3, 0.4) is 0 Å². The zero-order valence-electron chi connectivity index (χ0n) is 14.1. The molecule has 0 radical (unpaired) electrons. The fourth-order valence-corrected chi connectivity index (χ4v) is 4.22. The molecule has 4 rings (SSSR count). The highest BCUT2D eigenvalue weighted by atomic mass is 16.2. The Balaban J connectivity index is 1.87. The number of aromatic nitrogens is 1. The van der Waals surface area contributed by atoms with Crippen LogP contribution in [0, 0.1) is 11.3 Å². The van der Waals surface area contributed by atoms with Crippen molar-refractivity contribution < 1.29 is 14.4 Å². The number of Topliss-reactive ketones (excluding diaryl/α,β-unsaturated/α-hetero) is 1. The summed E-state index contributed by atoms with van der Waals surface area (Å²) < 4.78 is 0. The molecule has 1 aliphatic carbocycles. The van der Waals surface area contributed by atoms with Crippen molar-refractivity contribution in [1.82, 2.24) is 20.9 Å². The number of nitrogens with one attached hydrogen (secondary N) is 3. The van der Waals surface area contributed by atoms with Gasteiger partial charge in [0.15, 0.2) is 5.78 Å². The minimum absolute atomic E-state index is 0.0590. The first-order chi connectivity index (χ1) is 11.9. The van der Waals surface area contributed by atoms with E-state index in [0.29, 0.717) is 18.4 Å². The number of rotatable bonds is 1. The van der Waals surface area contributed by atoms with Gasteiger partial charge in [0.05, 0.1) is 5.92 Å². The van der Waals surface area contributed by atoms with Crippen LogP contribution in [0.15, 0.2) is 35.8 Å². The lowest BCUT2D eigenvalue weighted by Gasteiger charge is -2.46. The molecule has 3 N–H and O–H groups in total. The van der Waals surface area contributed by atoms with Gasteiger partial charge in [-0.25, -0.2) is 4.79 Å². The molecule has 7 nitrogen and oxygen atoms in total. The molecule has 1 saturated heterocycles. The summed E-state index contributed by atoms with van der Waals surface area (Å²) in [5.74, 6) is -1.28. The van der Waals surface area contributed by atoms with Crippen LogP contribution in [-0.2, 0) is 9.59 Å². The monoisotopic (exact) mass is 340 g/mol. The second kappa shape index (κ2) is 5.40. The number of imide groups is 1. The Bertz CT molecular complexity index is 800. The minimum atomic E-state index is -0.580. The molecule has 130 valence electrons. The summed E-state index contributed by atoms with van der Waals surface area (Å²) in [5, 5.41) is 8.36. The fourth-order valence-electron chi connectivity index (χ4n) is 4.22. The average Bonchev–Trinajstić information content (AvgIpc) is 2.52. The number of allylic oxidation sites excluding steroid dienone is 2. The SMILES string of the molecule is CC1(C)CC(=O)C2=C(C1)NC1NC(=O)NC(=O)C1C2c1ccncc1. The first kappa shape index (κ1) is 15.8. The van der Waals surface area contributed by atoms with E-state index in [1.54, 1.807) is 12.4 Å². The Hall–Kier alpha value is -2.70. The first-order valence-electron chi connectivity index (χ1n) is 8.40. The third-order valence-electron chi connectivity index (χ3n) is 5.17.